The van der Waals surface area contributed by atoms with Crippen molar-refractivity contribution in [3.05, 3.63) is 23.8 Å². The maximum absolute atomic E-state index is 11.8. The first-order chi connectivity index (χ1) is 8.00. The lowest BCUT2D eigenvalue weighted by molar-refractivity contribution is 0.0828. The molecule has 1 heterocycles. The molecule has 5 nitrogen and oxygen atoms in total. The quantitative estimate of drug-likeness (QED) is 0.792. The van der Waals surface area contributed by atoms with Crippen LogP contribution in [0.4, 0.5) is 0 Å². The van der Waals surface area contributed by atoms with Crippen LogP contribution in [0.3, 0.4) is 0 Å². The zero-order valence-electron chi connectivity index (χ0n) is 10.5. The molecule has 0 aliphatic heterocycles. The summed E-state index contributed by atoms with van der Waals surface area (Å²) in [6, 6.07) is 5.75. The molecule has 0 radical (unpaired) electrons. The van der Waals surface area contributed by atoms with Gasteiger partial charge in [-0.25, -0.2) is 4.68 Å². The lowest BCUT2D eigenvalue weighted by atomic mass is 10.1. The Morgan fingerprint density at radius 1 is 1.35 bits per heavy atom. The van der Waals surface area contributed by atoms with Crippen LogP contribution in [0.1, 0.15) is 30.2 Å². The average molecular weight is 232 g/mol. The minimum absolute atomic E-state index is 0.0222. The largest absolute Gasteiger partial charge is 0.345 e. The molecule has 17 heavy (non-hydrogen) atoms. The molecule has 1 amide bonds. The molecule has 2 aromatic rings. The Balaban J connectivity index is 2.50. The van der Waals surface area contributed by atoms with Gasteiger partial charge in [-0.1, -0.05) is 5.21 Å². The number of aromatic nitrogens is 3. The van der Waals surface area contributed by atoms with Gasteiger partial charge in [0.25, 0.3) is 5.91 Å². The number of hydrogen-bond acceptors (Lipinski definition) is 3. The Hall–Kier alpha value is -1.91. The van der Waals surface area contributed by atoms with Crippen LogP contribution in [0.2, 0.25) is 0 Å². The highest BCUT2D eigenvalue weighted by atomic mass is 16.2. The molecule has 90 valence electrons. The molecular formula is C12H16N4O. The molecule has 1 aromatic carbocycles. The Labute approximate surface area is 100 Å². The van der Waals surface area contributed by atoms with Gasteiger partial charge < -0.3 is 4.90 Å². The topological polar surface area (TPSA) is 51.0 Å². The van der Waals surface area contributed by atoms with E-state index < -0.39 is 0 Å². The SMILES string of the molecule is CC(C)n1nnc2cc(C(=O)N(C)C)ccc21. The molecule has 0 bridgehead atoms. The summed E-state index contributed by atoms with van der Waals surface area (Å²) in [6.07, 6.45) is 0. The molecule has 0 atom stereocenters. The van der Waals surface area contributed by atoms with Crippen molar-refractivity contribution in [2.24, 2.45) is 0 Å². The fourth-order valence-electron chi connectivity index (χ4n) is 1.71. The first kappa shape index (κ1) is 11.6. The zero-order chi connectivity index (χ0) is 12.6. The van der Waals surface area contributed by atoms with E-state index in [4.69, 9.17) is 0 Å². The number of rotatable bonds is 2. The molecule has 0 saturated carbocycles. The lowest BCUT2D eigenvalue weighted by Gasteiger charge is -2.10. The zero-order valence-corrected chi connectivity index (χ0v) is 10.5. The van der Waals surface area contributed by atoms with Gasteiger partial charge in [-0.3, -0.25) is 4.79 Å². The van der Waals surface area contributed by atoms with Crippen molar-refractivity contribution in [1.29, 1.82) is 0 Å². The summed E-state index contributed by atoms with van der Waals surface area (Å²) in [5.74, 6) is -0.0222. The van der Waals surface area contributed by atoms with Crippen molar-refractivity contribution in [2.75, 3.05) is 14.1 Å². The highest BCUT2D eigenvalue weighted by molar-refractivity contribution is 5.96. The van der Waals surface area contributed by atoms with E-state index >= 15 is 0 Å². The fraction of sp³-hybridized carbons (Fsp3) is 0.417. The second-order valence-corrected chi connectivity index (χ2v) is 4.53. The minimum atomic E-state index is -0.0222. The average Bonchev–Trinajstić information content (AvgIpc) is 2.70. The molecule has 5 heteroatoms. The third-order valence-corrected chi connectivity index (χ3v) is 2.61. The molecule has 0 aliphatic rings. The Morgan fingerprint density at radius 3 is 2.65 bits per heavy atom. The predicted octanol–water partition coefficient (Wildman–Crippen LogP) is 1.71. The molecule has 0 unspecified atom stereocenters. The van der Waals surface area contributed by atoms with Gasteiger partial charge >= 0.3 is 0 Å². The van der Waals surface area contributed by atoms with Gasteiger partial charge in [0.05, 0.1) is 5.52 Å². The van der Waals surface area contributed by atoms with Crippen molar-refractivity contribution in [3.63, 3.8) is 0 Å². The van der Waals surface area contributed by atoms with Gasteiger partial charge in [0.2, 0.25) is 0 Å². The molecule has 0 aliphatic carbocycles. The number of amides is 1. The van der Waals surface area contributed by atoms with Crippen LogP contribution in [-0.2, 0) is 0 Å². The summed E-state index contributed by atoms with van der Waals surface area (Å²) >= 11 is 0. The standard InChI is InChI=1S/C12H16N4O/c1-8(2)16-11-6-5-9(12(17)15(3)4)7-10(11)13-14-16/h5-8H,1-4H3. The van der Waals surface area contributed by atoms with E-state index in [0.29, 0.717) is 5.56 Å². The first-order valence-electron chi connectivity index (χ1n) is 5.57. The molecule has 0 saturated heterocycles. The third kappa shape index (κ3) is 2.00. The van der Waals surface area contributed by atoms with Gasteiger partial charge in [0.15, 0.2) is 0 Å². The van der Waals surface area contributed by atoms with Crippen LogP contribution in [0.25, 0.3) is 11.0 Å². The monoisotopic (exact) mass is 232 g/mol. The van der Waals surface area contributed by atoms with Crippen molar-refractivity contribution in [2.45, 2.75) is 19.9 Å². The van der Waals surface area contributed by atoms with Gasteiger partial charge in [0, 0.05) is 25.7 Å². The Bertz CT molecular complexity index is 557. The van der Waals surface area contributed by atoms with Crippen LogP contribution in [-0.4, -0.2) is 39.9 Å². The Morgan fingerprint density at radius 2 is 2.06 bits per heavy atom. The molecule has 1 aromatic heterocycles. The summed E-state index contributed by atoms with van der Waals surface area (Å²) in [4.78, 5) is 13.3. The number of hydrogen-bond donors (Lipinski definition) is 0. The molecular weight excluding hydrogens is 216 g/mol. The summed E-state index contributed by atoms with van der Waals surface area (Å²) < 4.78 is 1.85. The van der Waals surface area contributed by atoms with E-state index in [-0.39, 0.29) is 11.9 Å². The number of carbonyl (C=O) groups excluding carboxylic acids is 1. The normalized spacial score (nSPS) is 11.1. The van der Waals surface area contributed by atoms with Gasteiger partial charge in [-0.15, -0.1) is 5.10 Å². The van der Waals surface area contributed by atoms with Crippen LogP contribution >= 0.6 is 0 Å². The lowest BCUT2D eigenvalue weighted by Crippen LogP contribution is -2.21. The number of benzene rings is 1. The predicted molar refractivity (Wildman–Crippen MR) is 65.9 cm³/mol. The van der Waals surface area contributed by atoms with Crippen LogP contribution in [0.15, 0.2) is 18.2 Å². The summed E-state index contributed by atoms with van der Waals surface area (Å²) in [7, 11) is 3.47. The van der Waals surface area contributed by atoms with Crippen molar-refractivity contribution < 1.29 is 4.79 Å². The van der Waals surface area contributed by atoms with E-state index in [1.165, 1.54) is 0 Å². The number of nitrogens with zero attached hydrogens (tertiary/aromatic N) is 4. The minimum Gasteiger partial charge on any atom is -0.345 e. The van der Waals surface area contributed by atoms with Gasteiger partial charge in [0.1, 0.15) is 5.52 Å². The molecule has 0 fully saturated rings. The van der Waals surface area contributed by atoms with E-state index in [0.717, 1.165) is 11.0 Å². The van der Waals surface area contributed by atoms with Crippen molar-refractivity contribution in [3.8, 4) is 0 Å². The number of fused-ring (bicyclic) bond motifs is 1. The van der Waals surface area contributed by atoms with Crippen molar-refractivity contribution in [1.82, 2.24) is 19.9 Å². The maximum Gasteiger partial charge on any atom is 0.253 e. The molecule has 2 rings (SSSR count). The molecule has 0 spiro atoms. The van der Waals surface area contributed by atoms with Crippen LogP contribution < -0.4 is 0 Å². The fourth-order valence-corrected chi connectivity index (χ4v) is 1.71. The van der Waals surface area contributed by atoms with Gasteiger partial charge in [-0.2, -0.15) is 0 Å². The summed E-state index contributed by atoms with van der Waals surface area (Å²) in [5.41, 5.74) is 2.35. The van der Waals surface area contributed by atoms with E-state index in [9.17, 15) is 4.79 Å². The van der Waals surface area contributed by atoms with E-state index in [1.54, 1.807) is 25.1 Å². The third-order valence-electron chi connectivity index (χ3n) is 2.61. The number of carbonyl (C=O) groups is 1. The van der Waals surface area contributed by atoms with Crippen LogP contribution in [0.5, 0.6) is 0 Å². The Kier molecular flexibility index (Phi) is 2.83. The van der Waals surface area contributed by atoms with Crippen molar-refractivity contribution >= 4 is 16.9 Å². The maximum atomic E-state index is 11.8. The van der Waals surface area contributed by atoms with E-state index in [1.807, 2.05) is 30.7 Å². The summed E-state index contributed by atoms with van der Waals surface area (Å²) in [5, 5.41) is 8.17. The van der Waals surface area contributed by atoms with E-state index in [2.05, 4.69) is 10.3 Å². The first-order valence-corrected chi connectivity index (χ1v) is 5.57. The second-order valence-electron chi connectivity index (χ2n) is 4.53. The smallest absolute Gasteiger partial charge is 0.253 e. The highest BCUT2D eigenvalue weighted by Crippen LogP contribution is 2.17. The van der Waals surface area contributed by atoms with Gasteiger partial charge in [-0.05, 0) is 32.0 Å². The molecule has 0 N–H and O–H groups in total. The summed E-state index contributed by atoms with van der Waals surface area (Å²) in [6.45, 7) is 4.10. The second kappa shape index (κ2) is 4.16. The highest BCUT2D eigenvalue weighted by Gasteiger charge is 2.12. The van der Waals surface area contributed by atoms with Crippen LogP contribution in [0, 0.1) is 0 Å².